The van der Waals surface area contributed by atoms with Crippen LogP contribution in [0.15, 0.2) is 18.2 Å². The summed E-state index contributed by atoms with van der Waals surface area (Å²) in [6.45, 7) is 2.44. The number of anilines is 1. The first-order valence-corrected chi connectivity index (χ1v) is 6.52. The highest BCUT2D eigenvalue weighted by atomic mass is 16.5. The molecular weight excluding hydrogens is 260 g/mol. The largest absolute Gasteiger partial charge is 0.497 e. The van der Waals surface area contributed by atoms with Crippen LogP contribution in [0.2, 0.25) is 0 Å². The van der Waals surface area contributed by atoms with Gasteiger partial charge in [0.25, 0.3) is 0 Å². The number of amides is 1. The van der Waals surface area contributed by atoms with Gasteiger partial charge in [-0.1, -0.05) is 6.07 Å². The molecule has 6 heteroatoms. The second-order valence-corrected chi connectivity index (χ2v) is 5.30. The van der Waals surface area contributed by atoms with Crippen LogP contribution in [-0.2, 0) is 10.3 Å². The molecule has 108 valence electrons. The summed E-state index contributed by atoms with van der Waals surface area (Å²) in [6, 6.07) is 5.34. The molecule has 6 nitrogen and oxygen atoms in total. The first-order valence-electron chi connectivity index (χ1n) is 6.52. The van der Waals surface area contributed by atoms with Crippen LogP contribution in [-0.4, -0.2) is 37.6 Å². The molecule has 1 aromatic carbocycles. The molecule has 2 aliphatic rings. The van der Waals surface area contributed by atoms with Gasteiger partial charge in [-0.2, -0.15) is 0 Å². The monoisotopic (exact) mass is 278 g/mol. The minimum absolute atomic E-state index is 0.507. The van der Waals surface area contributed by atoms with E-state index in [0.29, 0.717) is 24.4 Å². The van der Waals surface area contributed by atoms with E-state index in [2.05, 4.69) is 5.32 Å². The van der Waals surface area contributed by atoms with Gasteiger partial charge < -0.3 is 14.6 Å². The topological polar surface area (TPSA) is 71.0 Å². The summed E-state index contributed by atoms with van der Waals surface area (Å²) in [7, 11) is 2.90. The summed E-state index contributed by atoms with van der Waals surface area (Å²) < 4.78 is 10.1. The van der Waals surface area contributed by atoms with Crippen molar-refractivity contribution >= 4 is 11.8 Å². The van der Waals surface area contributed by atoms with Crippen LogP contribution < -0.4 is 15.0 Å². The molecule has 2 atom stereocenters. The Morgan fingerprint density at radius 1 is 1.45 bits per heavy atom. The Hall–Kier alpha value is -1.79. The number of carbonyl (C=O) groups is 1. The molecule has 1 fully saturated rings. The average Bonchev–Trinajstić information content (AvgIpc) is 2.84. The van der Waals surface area contributed by atoms with Crippen LogP contribution in [0.4, 0.5) is 10.5 Å². The fourth-order valence-electron chi connectivity index (χ4n) is 3.32. The molecule has 0 saturated carbocycles. The number of hydrogen-bond donors (Lipinski definition) is 2. The fraction of sp³-hybridized carbons (Fsp3) is 0.500. The number of nitrogens with zero attached hydrogens (tertiary/aromatic N) is 1. The van der Waals surface area contributed by atoms with E-state index in [9.17, 15) is 9.90 Å². The number of methoxy groups -OCH3 is 2. The van der Waals surface area contributed by atoms with Gasteiger partial charge in [-0.25, -0.2) is 4.79 Å². The van der Waals surface area contributed by atoms with Crippen molar-refractivity contribution in [2.24, 2.45) is 0 Å². The van der Waals surface area contributed by atoms with Crippen LogP contribution in [0.3, 0.4) is 0 Å². The number of carbonyl (C=O) groups excluding carboxylic acids is 1. The molecule has 2 N–H and O–H groups in total. The number of aliphatic hydroxyl groups is 1. The summed E-state index contributed by atoms with van der Waals surface area (Å²) in [5.41, 5.74) is -0.693. The van der Waals surface area contributed by atoms with Gasteiger partial charge in [-0.15, -0.1) is 0 Å². The lowest BCUT2D eigenvalue weighted by atomic mass is 9.86. The molecule has 0 aromatic heterocycles. The van der Waals surface area contributed by atoms with Crippen molar-refractivity contribution in [1.29, 1.82) is 0 Å². The van der Waals surface area contributed by atoms with E-state index in [1.54, 1.807) is 19.2 Å². The molecule has 1 amide bonds. The van der Waals surface area contributed by atoms with Crippen LogP contribution in [0.25, 0.3) is 0 Å². The fourth-order valence-corrected chi connectivity index (χ4v) is 3.32. The molecule has 0 unspecified atom stereocenters. The van der Waals surface area contributed by atoms with Gasteiger partial charge in [0, 0.05) is 18.2 Å². The Bertz CT molecular complexity index is 576. The van der Waals surface area contributed by atoms with E-state index in [0.717, 1.165) is 5.56 Å². The molecule has 0 radical (unpaired) electrons. The smallest absolute Gasteiger partial charge is 0.415 e. The van der Waals surface area contributed by atoms with E-state index in [4.69, 9.17) is 9.47 Å². The highest BCUT2D eigenvalue weighted by molar-refractivity contribution is 5.94. The second kappa shape index (κ2) is 4.10. The number of hydrogen-bond acceptors (Lipinski definition) is 5. The first kappa shape index (κ1) is 13.2. The molecule has 0 bridgehead atoms. The summed E-state index contributed by atoms with van der Waals surface area (Å²) in [6.07, 6.45) is 0.0309. The lowest BCUT2D eigenvalue weighted by Crippen LogP contribution is -2.61. The summed E-state index contributed by atoms with van der Waals surface area (Å²) >= 11 is 0. The zero-order valence-electron chi connectivity index (χ0n) is 11.8. The van der Waals surface area contributed by atoms with E-state index in [1.807, 2.05) is 13.0 Å². The van der Waals surface area contributed by atoms with Gasteiger partial charge in [0.05, 0.1) is 19.9 Å². The van der Waals surface area contributed by atoms with Gasteiger partial charge in [0.2, 0.25) is 0 Å². The van der Waals surface area contributed by atoms with Crippen molar-refractivity contribution < 1.29 is 19.4 Å². The zero-order valence-corrected chi connectivity index (χ0v) is 11.8. The van der Waals surface area contributed by atoms with Crippen LogP contribution >= 0.6 is 0 Å². The predicted octanol–water partition coefficient (Wildman–Crippen LogP) is 1.18. The number of rotatable bonds is 1. The van der Waals surface area contributed by atoms with Crippen molar-refractivity contribution in [3.63, 3.8) is 0 Å². The molecule has 20 heavy (non-hydrogen) atoms. The summed E-state index contributed by atoms with van der Waals surface area (Å²) in [5.74, 6) is 0.629. The molecule has 0 spiro atoms. The molecule has 1 saturated heterocycles. The van der Waals surface area contributed by atoms with E-state index in [1.165, 1.54) is 12.0 Å². The van der Waals surface area contributed by atoms with Crippen LogP contribution in [0, 0.1) is 0 Å². The SMILES string of the molecule is COC(=O)N1c2cc(OC)ccc2[C@]2(O)CCN[C@]12C. The Morgan fingerprint density at radius 3 is 2.85 bits per heavy atom. The number of nitrogens with one attached hydrogen (secondary N) is 1. The highest BCUT2D eigenvalue weighted by Crippen LogP contribution is 2.54. The van der Waals surface area contributed by atoms with Gasteiger partial charge in [-0.3, -0.25) is 10.2 Å². The van der Waals surface area contributed by atoms with Crippen LogP contribution in [0.1, 0.15) is 18.9 Å². The van der Waals surface area contributed by atoms with Crippen molar-refractivity contribution in [3.05, 3.63) is 23.8 Å². The first-order chi connectivity index (χ1) is 9.48. The molecule has 0 aliphatic carbocycles. The third kappa shape index (κ3) is 1.38. The quantitative estimate of drug-likeness (QED) is 0.807. The van der Waals surface area contributed by atoms with Crippen molar-refractivity contribution in [3.8, 4) is 5.75 Å². The van der Waals surface area contributed by atoms with Crippen LogP contribution in [0.5, 0.6) is 5.75 Å². The van der Waals surface area contributed by atoms with Crippen molar-refractivity contribution in [2.75, 3.05) is 25.7 Å². The van der Waals surface area contributed by atoms with Gasteiger partial charge in [0.1, 0.15) is 17.0 Å². The molecule has 2 aliphatic heterocycles. The predicted molar refractivity (Wildman–Crippen MR) is 72.8 cm³/mol. The number of fused-ring (bicyclic) bond motifs is 3. The third-order valence-corrected chi connectivity index (χ3v) is 4.46. The van der Waals surface area contributed by atoms with Gasteiger partial charge in [-0.05, 0) is 19.4 Å². The van der Waals surface area contributed by atoms with E-state index >= 15 is 0 Å². The Morgan fingerprint density at radius 2 is 2.20 bits per heavy atom. The summed E-state index contributed by atoms with van der Waals surface area (Å²) in [4.78, 5) is 13.6. The van der Waals surface area contributed by atoms with Gasteiger partial charge >= 0.3 is 6.09 Å². The molecule has 2 heterocycles. The lowest BCUT2D eigenvalue weighted by Gasteiger charge is -2.38. The minimum Gasteiger partial charge on any atom is -0.497 e. The number of ether oxygens (including phenoxy) is 2. The average molecular weight is 278 g/mol. The zero-order chi connectivity index (χ0) is 14.5. The molecular formula is C14H18N2O4. The lowest BCUT2D eigenvalue weighted by molar-refractivity contribution is -0.00854. The Kier molecular flexibility index (Phi) is 2.71. The summed E-state index contributed by atoms with van der Waals surface area (Å²) in [5, 5.41) is 14.3. The highest BCUT2D eigenvalue weighted by Gasteiger charge is 2.63. The minimum atomic E-state index is -1.12. The maximum atomic E-state index is 12.2. The van der Waals surface area contributed by atoms with E-state index < -0.39 is 17.4 Å². The molecule has 3 rings (SSSR count). The molecule has 1 aromatic rings. The van der Waals surface area contributed by atoms with E-state index in [-0.39, 0.29) is 0 Å². The maximum absolute atomic E-state index is 12.2. The second-order valence-electron chi connectivity index (χ2n) is 5.30. The van der Waals surface area contributed by atoms with Crippen molar-refractivity contribution in [2.45, 2.75) is 24.6 Å². The standard InChI is InChI=1S/C14H18N2O4/c1-13-14(18,6-7-15-13)10-5-4-9(19-2)8-11(10)16(13)12(17)20-3/h4-5,8,15,18H,6-7H2,1-3H3/t13-,14-/m1/s1. The Labute approximate surface area is 117 Å². The maximum Gasteiger partial charge on any atom is 0.415 e. The van der Waals surface area contributed by atoms with Crippen molar-refractivity contribution in [1.82, 2.24) is 5.32 Å². The Balaban J connectivity index is 2.23. The third-order valence-electron chi connectivity index (χ3n) is 4.46. The van der Waals surface area contributed by atoms with Gasteiger partial charge in [0.15, 0.2) is 0 Å². The normalized spacial score (nSPS) is 30.9. The number of benzene rings is 1.